The molecule has 31 heavy (non-hydrogen) atoms. The average Bonchev–Trinajstić information content (AvgIpc) is 3.17. The van der Waals surface area contributed by atoms with E-state index in [0.717, 1.165) is 41.2 Å². The number of morpholine rings is 1. The first-order chi connectivity index (χ1) is 14.9. The van der Waals surface area contributed by atoms with Crippen LogP contribution in [0.3, 0.4) is 0 Å². The number of furan rings is 1. The fourth-order valence-corrected chi connectivity index (χ4v) is 4.13. The molecule has 0 saturated carbocycles. The van der Waals surface area contributed by atoms with Gasteiger partial charge in [0.25, 0.3) is 0 Å². The summed E-state index contributed by atoms with van der Waals surface area (Å²) in [5, 5.41) is 4.07. The first-order valence-corrected chi connectivity index (χ1v) is 10.9. The summed E-state index contributed by atoms with van der Waals surface area (Å²) in [7, 11) is 1.93. The van der Waals surface area contributed by atoms with E-state index < -0.39 is 0 Å². The normalized spacial score (nSPS) is 20.2. The number of likely N-dealkylation sites (N-methyl/N-ethyl adjacent to an activating group) is 1. The summed E-state index contributed by atoms with van der Waals surface area (Å²) in [5.74, 6) is 0.807. The number of hydrogen-bond acceptors (Lipinski definition) is 5. The van der Waals surface area contributed by atoms with Crippen molar-refractivity contribution in [2.75, 3.05) is 36.9 Å². The van der Waals surface area contributed by atoms with Gasteiger partial charge in [0.05, 0.1) is 24.8 Å². The lowest BCUT2D eigenvalue weighted by molar-refractivity contribution is -0.117. The molecule has 2 heterocycles. The van der Waals surface area contributed by atoms with Gasteiger partial charge in [0, 0.05) is 29.9 Å². The number of hydrogen-bond donors (Lipinski definition) is 1. The van der Waals surface area contributed by atoms with Crippen molar-refractivity contribution in [3.63, 3.8) is 0 Å². The summed E-state index contributed by atoms with van der Waals surface area (Å²) in [6.07, 6.45) is 0.430. The number of ether oxygens (including phenoxy) is 1. The Hall–Kier alpha value is -2.83. The van der Waals surface area contributed by atoms with E-state index in [0.29, 0.717) is 0 Å². The van der Waals surface area contributed by atoms with Crippen LogP contribution in [0.25, 0.3) is 11.0 Å². The second kappa shape index (κ2) is 9.12. The minimum Gasteiger partial charge on any atom is -0.459 e. The number of anilines is 2. The molecule has 1 aliphatic heterocycles. The largest absolute Gasteiger partial charge is 0.459 e. The van der Waals surface area contributed by atoms with Crippen LogP contribution in [0.5, 0.6) is 0 Å². The van der Waals surface area contributed by atoms with Crippen LogP contribution in [0.4, 0.5) is 11.4 Å². The van der Waals surface area contributed by atoms with Crippen LogP contribution in [0, 0.1) is 0 Å². The lowest BCUT2D eigenvalue weighted by Crippen LogP contribution is -2.45. The van der Waals surface area contributed by atoms with Crippen LogP contribution in [0.2, 0.25) is 0 Å². The Morgan fingerprint density at radius 2 is 1.81 bits per heavy atom. The second-order valence-electron chi connectivity index (χ2n) is 8.54. The number of para-hydroxylation sites is 1. The van der Waals surface area contributed by atoms with E-state index in [2.05, 4.69) is 36.2 Å². The predicted octanol–water partition coefficient (Wildman–Crippen LogP) is 4.68. The molecule has 1 aromatic heterocycles. The van der Waals surface area contributed by atoms with Crippen molar-refractivity contribution in [2.45, 2.75) is 39.0 Å². The van der Waals surface area contributed by atoms with Gasteiger partial charge in [-0.2, -0.15) is 0 Å². The van der Waals surface area contributed by atoms with Gasteiger partial charge >= 0.3 is 0 Å². The number of carbonyl (C=O) groups is 1. The third kappa shape index (κ3) is 5.09. The molecule has 3 atom stereocenters. The van der Waals surface area contributed by atoms with Crippen LogP contribution >= 0.6 is 0 Å². The van der Waals surface area contributed by atoms with Crippen molar-refractivity contribution in [2.24, 2.45) is 0 Å². The van der Waals surface area contributed by atoms with Gasteiger partial charge in [0.2, 0.25) is 5.91 Å². The van der Waals surface area contributed by atoms with Crippen molar-refractivity contribution in [3.05, 3.63) is 60.4 Å². The summed E-state index contributed by atoms with van der Waals surface area (Å²) >= 11 is 0. The lowest BCUT2D eigenvalue weighted by Gasteiger charge is -2.36. The van der Waals surface area contributed by atoms with Gasteiger partial charge in [-0.15, -0.1) is 0 Å². The molecule has 1 saturated heterocycles. The second-order valence-corrected chi connectivity index (χ2v) is 8.54. The predicted molar refractivity (Wildman–Crippen MR) is 125 cm³/mol. The third-order valence-corrected chi connectivity index (χ3v) is 5.85. The van der Waals surface area contributed by atoms with Crippen molar-refractivity contribution in [3.8, 4) is 0 Å². The van der Waals surface area contributed by atoms with Crippen LogP contribution in [-0.4, -0.2) is 49.7 Å². The molecule has 0 bridgehead atoms. The number of carbonyl (C=O) groups excluding carboxylic acids is 1. The van der Waals surface area contributed by atoms with Gasteiger partial charge in [0.15, 0.2) is 0 Å². The molecule has 0 radical (unpaired) electrons. The summed E-state index contributed by atoms with van der Waals surface area (Å²) in [4.78, 5) is 16.9. The maximum absolute atomic E-state index is 12.6. The van der Waals surface area contributed by atoms with E-state index in [1.807, 2.05) is 61.3 Å². The molecule has 1 N–H and O–H groups in total. The van der Waals surface area contributed by atoms with Crippen molar-refractivity contribution >= 4 is 28.3 Å². The Bertz CT molecular complexity index is 987. The van der Waals surface area contributed by atoms with E-state index >= 15 is 0 Å². The lowest BCUT2D eigenvalue weighted by atomic mass is 10.2. The standard InChI is InChI=1S/C25H31N3O3/c1-17-14-28(15-18(2)30-17)22-11-9-21(10-12-22)26-25(29)16-27(4)19(3)24-13-20-7-5-6-8-23(20)31-24/h5-13,17-19H,14-16H2,1-4H3,(H,26,29). The van der Waals surface area contributed by atoms with Crippen molar-refractivity contribution in [1.29, 1.82) is 0 Å². The highest BCUT2D eigenvalue weighted by molar-refractivity contribution is 5.92. The quantitative estimate of drug-likeness (QED) is 0.626. The SMILES string of the molecule is CC1CN(c2ccc(NC(=O)CN(C)C(C)c3cc4ccccc4o3)cc2)CC(C)O1. The van der Waals surface area contributed by atoms with Gasteiger partial charge in [-0.25, -0.2) is 0 Å². The van der Waals surface area contributed by atoms with E-state index in [4.69, 9.17) is 9.15 Å². The monoisotopic (exact) mass is 421 g/mol. The molecule has 1 amide bonds. The third-order valence-electron chi connectivity index (χ3n) is 5.85. The molecule has 3 unspecified atom stereocenters. The molecule has 6 nitrogen and oxygen atoms in total. The molecular weight excluding hydrogens is 390 g/mol. The number of rotatable bonds is 6. The highest BCUT2D eigenvalue weighted by atomic mass is 16.5. The van der Waals surface area contributed by atoms with Gasteiger partial charge in [0.1, 0.15) is 11.3 Å². The molecule has 6 heteroatoms. The van der Waals surface area contributed by atoms with E-state index in [9.17, 15) is 4.79 Å². The number of fused-ring (bicyclic) bond motifs is 1. The van der Waals surface area contributed by atoms with Crippen LogP contribution in [0.15, 0.2) is 59.0 Å². The Morgan fingerprint density at radius 3 is 2.48 bits per heavy atom. The smallest absolute Gasteiger partial charge is 0.238 e. The zero-order valence-corrected chi connectivity index (χ0v) is 18.7. The summed E-state index contributed by atoms with van der Waals surface area (Å²) < 4.78 is 11.8. The first-order valence-electron chi connectivity index (χ1n) is 10.9. The molecule has 2 aromatic carbocycles. The van der Waals surface area contributed by atoms with E-state index in [-0.39, 0.29) is 30.7 Å². The number of nitrogens with one attached hydrogen (secondary N) is 1. The van der Waals surface area contributed by atoms with Crippen LogP contribution in [-0.2, 0) is 9.53 Å². The fraction of sp³-hybridized carbons (Fsp3) is 0.400. The van der Waals surface area contributed by atoms with Gasteiger partial charge in [-0.3, -0.25) is 9.69 Å². The van der Waals surface area contributed by atoms with Gasteiger partial charge in [-0.1, -0.05) is 18.2 Å². The average molecular weight is 422 g/mol. The number of benzene rings is 2. The zero-order valence-electron chi connectivity index (χ0n) is 18.7. The van der Waals surface area contributed by atoms with Gasteiger partial charge in [-0.05, 0) is 64.2 Å². The molecule has 164 valence electrons. The first kappa shape index (κ1) is 21.4. The summed E-state index contributed by atoms with van der Waals surface area (Å²) in [5.41, 5.74) is 2.81. The molecule has 0 aliphatic carbocycles. The van der Waals surface area contributed by atoms with Crippen LogP contribution < -0.4 is 10.2 Å². The minimum absolute atomic E-state index is 0.00849. The van der Waals surface area contributed by atoms with Crippen molar-refractivity contribution in [1.82, 2.24) is 4.90 Å². The highest BCUT2D eigenvalue weighted by Crippen LogP contribution is 2.27. The molecule has 3 aromatic rings. The zero-order chi connectivity index (χ0) is 22.0. The Kier molecular flexibility index (Phi) is 6.30. The maximum Gasteiger partial charge on any atom is 0.238 e. The minimum atomic E-state index is -0.0492. The number of amides is 1. The Labute approximate surface area is 183 Å². The topological polar surface area (TPSA) is 58.0 Å². The Balaban J connectivity index is 1.33. The van der Waals surface area contributed by atoms with Gasteiger partial charge < -0.3 is 19.4 Å². The van der Waals surface area contributed by atoms with Crippen LogP contribution in [0.1, 0.15) is 32.6 Å². The fourth-order valence-electron chi connectivity index (χ4n) is 4.13. The maximum atomic E-state index is 12.6. The molecule has 1 aliphatic rings. The Morgan fingerprint density at radius 1 is 1.13 bits per heavy atom. The molecule has 1 fully saturated rings. The molecular formula is C25H31N3O3. The van der Waals surface area contributed by atoms with E-state index in [1.54, 1.807) is 0 Å². The number of nitrogens with zero attached hydrogens (tertiary/aromatic N) is 2. The highest BCUT2D eigenvalue weighted by Gasteiger charge is 2.22. The van der Waals surface area contributed by atoms with E-state index in [1.165, 1.54) is 0 Å². The molecule has 4 rings (SSSR count). The molecule has 0 spiro atoms. The van der Waals surface area contributed by atoms with Crippen molar-refractivity contribution < 1.29 is 13.9 Å². The summed E-state index contributed by atoms with van der Waals surface area (Å²) in [6.45, 7) is 8.27. The summed E-state index contributed by atoms with van der Waals surface area (Å²) in [6, 6.07) is 18.0.